The maximum absolute atomic E-state index is 5.82. The molecule has 0 aliphatic carbocycles. The average Bonchev–Trinajstić information content (AvgIpc) is 2.53. The highest BCUT2D eigenvalue weighted by Gasteiger charge is 2.04. The van der Waals surface area contributed by atoms with Crippen LogP contribution in [0.3, 0.4) is 0 Å². The molecule has 22 heavy (non-hydrogen) atoms. The lowest BCUT2D eigenvalue weighted by atomic mass is 10.1. The third kappa shape index (κ3) is 4.42. The van der Waals surface area contributed by atoms with Gasteiger partial charge in [-0.25, -0.2) is 0 Å². The van der Waals surface area contributed by atoms with E-state index in [0.717, 1.165) is 23.7 Å². The molecule has 0 N–H and O–H groups in total. The maximum Gasteiger partial charge on any atom is 0.161 e. The molecule has 0 spiro atoms. The summed E-state index contributed by atoms with van der Waals surface area (Å²) >= 11 is 0. The van der Waals surface area contributed by atoms with Gasteiger partial charge in [0.25, 0.3) is 0 Å². The molecule has 118 valence electrons. The molecule has 2 aromatic carbocycles. The van der Waals surface area contributed by atoms with Crippen LogP contribution in [0.2, 0.25) is 0 Å². The van der Waals surface area contributed by atoms with E-state index in [9.17, 15) is 0 Å². The second-order valence-electron chi connectivity index (χ2n) is 5.13. The number of rotatable bonds is 8. The Balaban J connectivity index is 1.77. The van der Waals surface area contributed by atoms with Crippen molar-refractivity contribution in [2.75, 3.05) is 19.8 Å². The van der Waals surface area contributed by atoms with Gasteiger partial charge in [-0.2, -0.15) is 0 Å². The minimum Gasteiger partial charge on any atom is -0.493 e. The van der Waals surface area contributed by atoms with Gasteiger partial charge in [-0.3, -0.25) is 0 Å². The van der Waals surface area contributed by atoms with Gasteiger partial charge in [0.1, 0.15) is 5.75 Å². The maximum atomic E-state index is 5.82. The Morgan fingerprint density at radius 1 is 0.727 bits per heavy atom. The van der Waals surface area contributed by atoms with Crippen molar-refractivity contribution in [1.82, 2.24) is 0 Å². The molecule has 0 radical (unpaired) electrons. The molecule has 0 unspecified atom stereocenters. The van der Waals surface area contributed by atoms with Crippen molar-refractivity contribution in [3.8, 4) is 17.2 Å². The fraction of sp³-hybridized carbons (Fsp3) is 0.368. The molecule has 0 aromatic heterocycles. The molecule has 0 aliphatic rings. The van der Waals surface area contributed by atoms with Gasteiger partial charge in [-0.05, 0) is 50.1 Å². The van der Waals surface area contributed by atoms with E-state index in [0.29, 0.717) is 19.8 Å². The smallest absolute Gasteiger partial charge is 0.161 e. The van der Waals surface area contributed by atoms with E-state index in [4.69, 9.17) is 14.2 Å². The third-order valence-corrected chi connectivity index (χ3v) is 3.51. The summed E-state index contributed by atoms with van der Waals surface area (Å²) in [6, 6.07) is 13.9. The molecule has 3 nitrogen and oxygen atoms in total. The average molecular weight is 300 g/mol. The van der Waals surface area contributed by atoms with Crippen LogP contribution >= 0.6 is 0 Å². The summed E-state index contributed by atoms with van der Waals surface area (Å²) < 4.78 is 17.1. The van der Waals surface area contributed by atoms with Crippen LogP contribution in [-0.2, 0) is 0 Å². The highest BCUT2D eigenvalue weighted by atomic mass is 16.5. The Morgan fingerprint density at radius 2 is 1.32 bits per heavy atom. The normalized spacial score (nSPS) is 10.3. The Labute approximate surface area is 132 Å². The van der Waals surface area contributed by atoms with E-state index in [-0.39, 0.29) is 0 Å². The first-order chi connectivity index (χ1) is 10.7. The molecule has 0 saturated carbocycles. The van der Waals surface area contributed by atoms with Crippen molar-refractivity contribution >= 4 is 0 Å². The fourth-order valence-electron chi connectivity index (χ4n) is 2.15. The molecule has 0 amide bonds. The quantitative estimate of drug-likeness (QED) is 0.669. The molecule has 2 rings (SSSR count). The summed E-state index contributed by atoms with van der Waals surface area (Å²) in [6.45, 7) is 8.02. The lowest BCUT2D eigenvalue weighted by Gasteiger charge is -2.13. The van der Waals surface area contributed by atoms with Crippen LogP contribution in [0.1, 0.15) is 24.5 Å². The number of ether oxygens (including phenoxy) is 3. The zero-order chi connectivity index (χ0) is 15.8. The van der Waals surface area contributed by atoms with Gasteiger partial charge < -0.3 is 14.2 Å². The Kier molecular flexibility index (Phi) is 6.13. The first kappa shape index (κ1) is 16.2. The Bertz CT molecular complexity index is 593. The van der Waals surface area contributed by atoms with E-state index in [1.807, 2.05) is 43.3 Å². The monoisotopic (exact) mass is 300 g/mol. The molecular formula is C19H24O3. The van der Waals surface area contributed by atoms with E-state index >= 15 is 0 Å². The molecule has 0 aliphatic heterocycles. The molecule has 0 fully saturated rings. The van der Waals surface area contributed by atoms with Crippen LogP contribution < -0.4 is 14.2 Å². The number of para-hydroxylation sites is 2. The second-order valence-corrected chi connectivity index (χ2v) is 5.13. The zero-order valence-corrected chi connectivity index (χ0v) is 13.6. The summed E-state index contributed by atoms with van der Waals surface area (Å²) in [5, 5.41) is 0. The standard InChI is InChI=1S/C19H24O3/c1-4-20-18-10-5-6-11-19(18)22-14-8-13-21-17-12-7-9-15(2)16(17)3/h5-7,9-12H,4,8,13-14H2,1-3H3. The van der Waals surface area contributed by atoms with E-state index in [2.05, 4.69) is 19.9 Å². The number of benzene rings is 2. The summed E-state index contributed by atoms with van der Waals surface area (Å²) in [6.07, 6.45) is 0.827. The minimum absolute atomic E-state index is 0.606. The van der Waals surface area contributed by atoms with Crippen LogP contribution in [0, 0.1) is 13.8 Å². The van der Waals surface area contributed by atoms with Crippen LogP contribution in [-0.4, -0.2) is 19.8 Å². The van der Waals surface area contributed by atoms with Gasteiger partial charge in [0, 0.05) is 6.42 Å². The molecule has 0 heterocycles. The highest BCUT2D eigenvalue weighted by molar-refractivity contribution is 5.39. The molecule has 0 atom stereocenters. The van der Waals surface area contributed by atoms with Crippen molar-refractivity contribution in [2.24, 2.45) is 0 Å². The van der Waals surface area contributed by atoms with Gasteiger partial charge >= 0.3 is 0 Å². The number of hydrogen-bond donors (Lipinski definition) is 0. The van der Waals surface area contributed by atoms with Crippen molar-refractivity contribution < 1.29 is 14.2 Å². The number of hydrogen-bond acceptors (Lipinski definition) is 3. The predicted molar refractivity (Wildman–Crippen MR) is 89.1 cm³/mol. The van der Waals surface area contributed by atoms with Crippen molar-refractivity contribution in [3.05, 3.63) is 53.6 Å². The zero-order valence-electron chi connectivity index (χ0n) is 13.6. The van der Waals surface area contributed by atoms with E-state index < -0.39 is 0 Å². The summed E-state index contributed by atoms with van der Waals surface area (Å²) in [7, 11) is 0. The summed E-state index contributed by atoms with van der Waals surface area (Å²) in [5.41, 5.74) is 2.45. The SMILES string of the molecule is CCOc1ccccc1OCCCOc1cccc(C)c1C. The lowest BCUT2D eigenvalue weighted by molar-refractivity contribution is 0.235. The summed E-state index contributed by atoms with van der Waals surface area (Å²) in [5.74, 6) is 2.53. The fourth-order valence-corrected chi connectivity index (χ4v) is 2.15. The van der Waals surface area contributed by atoms with Crippen molar-refractivity contribution in [1.29, 1.82) is 0 Å². The molecule has 2 aromatic rings. The van der Waals surface area contributed by atoms with Crippen LogP contribution in [0.4, 0.5) is 0 Å². The predicted octanol–water partition coefficient (Wildman–Crippen LogP) is 4.55. The van der Waals surface area contributed by atoms with Gasteiger partial charge in [0.05, 0.1) is 19.8 Å². The molecule has 0 saturated heterocycles. The number of aryl methyl sites for hydroxylation is 1. The topological polar surface area (TPSA) is 27.7 Å². The van der Waals surface area contributed by atoms with Crippen LogP contribution in [0.5, 0.6) is 17.2 Å². The first-order valence-corrected chi connectivity index (χ1v) is 7.76. The summed E-state index contributed by atoms with van der Waals surface area (Å²) in [4.78, 5) is 0. The lowest BCUT2D eigenvalue weighted by Crippen LogP contribution is -2.06. The molecule has 0 bridgehead atoms. The van der Waals surface area contributed by atoms with E-state index in [1.165, 1.54) is 11.1 Å². The highest BCUT2D eigenvalue weighted by Crippen LogP contribution is 2.26. The van der Waals surface area contributed by atoms with Crippen molar-refractivity contribution in [2.45, 2.75) is 27.2 Å². The van der Waals surface area contributed by atoms with E-state index in [1.54, 1.807) is 0 Å². The van der Waals surface area contributed by atoms with Crippen LogP contribution in [0.25, 0.3) is 0 Å². The third-order valence-electron chi connectivity index (χ3n) is 3.51. The van der Waals surface area contributed by atoms with Gasteiger partial charge in [-0.15, -0.1) is 0 Å². The van der Waals surface area contributed by atoms with Gasteiger partial charge in [0.15, 0.2) is 11.5 Å². The Hall–Kier alpha value is -2.16. The Morgan fingerprint density at radius 3 is 2.00 bits per heavy atom. The van der Waals surface area contributed by atoms with Gasteiger partial charge in [0.2, 0.25) is 0 Å². The molecule has 3 heteroatoms. The second kappa shape index (κ2) is 8.32. The minimum atomic E-state index is 0.606. The first-order valence-electron chi connectivity index (χ1n) is 7.76. The largest absolute Gasteiger partial charge is 0.493 e. The van der Waals surface area contributed by atoms with Crippen LogP contribution in [0.15, 0.2) is 42.5 Å². The van der Waals surface area contributed by atoms with Crippen molar-refractivity contribution in [3.63, 3.8) is 0 Å². The van der Waals surface area contributed by atoms with Gasteiger partial charge in [-0.1, -0.05) is 24.3 Å². The molecular weight excluding hydrogens is 276 g/mol.